The number of hydrogen-bond acceptors (Lipinski definition) is 4. The van der Waals surface area contributed by atoms with Crippen molar-refractivity contribution in [1.29, 1.82) is 0 Å². The van der Waals surface area contributed by atoms with Crippen LogP contribution in [0.3, 0.4) is 0 Å². The Morgan fingerprint density at radius 3 is 2.88 bits per heavy atom. The molecule has 0 aromatic heterocycles. The highest BCUT2D eigenvalue weighted by Gasteiger charge is 2.18. The largest absolute Gasteiger partial charge is 0.485 e. The van der Waals surface area contributed by atoms with E-state index in [0.29, 0.717) is 13.2 Å². The highest BCUT2D eigenvalue weighted by molar-refractivity contribution is 6.32. The van der Waals surface area contributed by atoms with E-state index in [9.17, 15) is 10.1 Å². The van der Waals surface area contributed by atoms with Crippen LogP contribution in [0.2, 0.25) is 5.02 Å². The van der Waals surface area contributed by atoms with Gasteiger partial charge in [0.25, 0.3) is 0 Å². The Kier molecular flexibility index (Phi) is 4.52. The van der Waals surface area contributed by atoms with Crippen LogP contribution < -0.4 is 10.5 Å². The molecule has 2 N–H and O–H groups in total. The summed E-state index contributed by atoms with van der Waals surface area (Å²) in [4.78, 5) is 10.2. The zero-order chi connectivity index (χ0) is 12.1. The van der Waals surface area contributed by atoms with Crippen LogP contribution in [0.4, 0.5) is 5.69 Å². The van der Waals surface area contributed by atoms with Crippen molar-refractivity contribution >= 4 is 17.3 Å². The van der Waals surface area contributed by atoms with Gasteiger partial charge in [0.15, 0.2) is 0 Å². The average Bonchev–Trinajstić information content (AvgIpc) is 2.26. The maximum Gasteiger partial charge on any atom is 0.312 e. The van der Waals surface area contributed by atoms with Crippen molar-refractivity contribution in [3.8, 4) is 5.75 Å². The van der Waals surface area contributed by atoms with Crippen molar-refractivity contribution in [2.45, 2.75) is 6.92 Å². The fraction of sp³-hybridized carbons (Fsp3) is 0.400. The number of nitrogens with two attached hydrogens (primary N) is 1. The second kappa shape index (κ2) is 5.67. The second-order valence-electron chi connectivity index (χ2n) is 3.50. The molecule has 88 valence electrons. The van der Waals surface area contributed by atoms with E-state index in [1.165, 1.54) is 12.1 Å². The number of nitro benzene ring substituents is 1. The fourth-order valence-corrected chi connectivity index (χ4v) is 1.30. The highest BCUT2D eigenvalue weighted by Crippen LogP contribution is 2.34. The first-order valence-corrected chi connectivity index (χ1v) is 5.19. The van der Waals surface area contributed by atoms with Gasteiger partial charge in [-0.1, -0.05) is 24.6 Å². The van der Waals surface area contributed by atoms with E-state index in [0.717, 1.165) is 0 Å². The molecule has 0 heterocycles. The highest BCUT2D eigenvalue weighted by atomic mass is 35.5. The first-order valence-electron chi connectivity index (χ1n) is 4.82. The zero-order valence-corrected chi connectivity index (χ0v) is 9.61. The summed E-state index contributed by atoms with van der Waals surface area (Å²) in [5, 5.41) is 11.0. The predicted molar refractivity (Wildman–Crippen MR) is 61.8 cm³/mol. The van der Waals surface area contributed by atoms with E-state index in [1.807, 2.05) is 6.92 Å². The number of benzene rings is 1. The Labute approximate surface area is 98.3 Å². The van der Waals surface area contributed by atoms with Gasteiger partial charge >= 0.3 is 5.69 Å². The number of para-hydroxylation sites is 1. The van der Waals surface area contributed by atoms with Crippen molar-refractivity contribution in [3.05, 3.63) is 33.3 Å². The molecule has 0 saturated carbocycles. The van der Waals surface area contributed by atoms with Crippen molar-refractivity contribution < 1.29 is 9.66 Å². The van der Waals surface area contributed by atoms with Gasteiger partial charge in [-0.2, -0.15) is 0 Å². The molecule has 5 nitrogen and oxygen atoms in total. The van der Waals surface area contributed by atoms with Gasteiger partial charge in [0, 0.05) is 12.0 Å². The molecule has 0 fully saturated rings. The molecule has 1 unspecified atom stereocenters. The molecule has 0 amide bonds. The summed E-state index contributed by atoms with van der Waals surface area (Å²) in [7, 11) is 0. The second-order valence-corrected chi connectivity index (χ2v) is 3.90. The standard InChI is InChI=1S/C10H13ClN2O3/c1-7(5-12)6-16-10-8(11)3-2-4-9(10)13(14)15/h2-4,7H,5-6,12H2,1H3. The Balaban J connectivity index is 2.88. The lowest BCUT2D eigenvalue weighted by Crippen LogP contribution is -2.18. The van der Waals surface area contributed by atoms with Crippen LogP contribution in [0.5, 0.6) is 5.75 Å². The number of halogens is 1. The number of nitrogens with zero attached hydrogens (tertiary/aromatic N) is 1. The predicted octanol–water partition coefficient (Wildman–Crippen LogP) is 2.22. The van der Waals surface area contributed by atoms with Crippen LogP contribution in [0.15, 0.2) is 18.2 Å². The molecule has 0 aliphatic heterocycles. The van der Waals surface area contributed by atoms with Crippen LogP contribution in [0.1, 0.15) is 6.92 Å². The van der Waals surface area contributed by atoms with Gasteiger partial charge in [-0.15, -0.1) is 0 Å². The van der Waals surface area contributed by atoms with E-state index in [2.05, 4.69) is 0 Å². The van der Waals surface area contributed by atoms with Crippen LogP contribution in [-0.2, 0) is 0 Å². The summed E-state index contributed by atoms with van der Waals surface area (Å²) in [6, 6.07) is 4.42. The van der Waals surface area contributed by atoms with Crippen LogP contribution in [0, 0.1) is 16.0 Å². The Morgan fingerprint density at radius 2 is 2.31 bits per heavy atom. The van der Waals surface area contributed by atoms with Gasteiger partial charge in [-0.25, -0.2) is 0 Å². The first kappa shape index (κ1) is 12.7. The lowest BCUT2D eigenvalue weighted by atomic mass is 10.2. The molecule has 0 saturated heterocycles. The molecular formula is C10H13ClN2O3. The Bertz CT molecular complexity index is 384. The summed E-state index contributed by atoms with van der Waals surface area (Å²) in [5.74, 6) is 0.227. The molecule has 1 aromatic rings. The smallest absolute Gasteiger partial charge is 0.312 e. The normalized spacial score (nSPS) is 12.2. The number of nitro groups is 1. The van der Waals surface area contributed by atoms with E-state index >= 15 is 0 Å². The maximum absolute atomic E-state index is 10.7. The minimum atomic E-state index is -0.520. The van der Waals surface area contributed by atoms with Gasteiger partial charge in [0.1, 0.15) is 0 Å². The Morgan fingerprint density at radius 1 is 1.62 bits per heavy atom. The quantitative estimate of drug-likeness (QED) is 0.636. The summed E-state index contributed by atoms with van der Waals surface area (Å²) < 4.78 is 5.33. The molecule has 1 rings (SSSR count). The molecule has 1 aromatic carbocycles. The van der Waals surface area contributed by atoms with E-state index in [-0.39, 0.29) is 22.4 Å². The number of rotatable bonds is 5. The molecular weight excluding hydrogens is 232 g/mol. The third kappa shape index (κ3) is 3.08. The summed E-state index contributed by atoms with van der Waals surface area (Å²) >= 11 is 5.84. The molecule has 0 bridgehead atoms. The van der Waals surface area contributed by atoms with Gasteiger partial charge in [0.05, 0.1) is 16.6 Å². The molecule has 6 heteroatoms. The minimum absolute atomic E-state index is 0.106. The third-order valence-electron chi connectivity index (χ3n) is 2.06. The zero-order valence-electron chi connectivity index (χ0n) is 8.85. The van der Waals surface area contributed by atoms with E-state index in [1.54, 1.807) is 6.07 Å². The summed E-state index contributed by atoms with van der Waals surface area (Å²) in [6.45, 7) is 2.65. The van der Waals surface area contributed by atoms with Gasteiger partial charge in [-0.05, 0) is 12.6 Å². The molecule has 0 aliphatic rings. The SMILES string of the molecule is CC(CN)COc1c(Cl)cccc1[N+](=O)[O-]. The number of hydrogen-bond donors (Lipinski definition) is 1. The monoisotopic (exact) mass is 244 g/mol. The minimum Gasteiger partial charge on any atom is -0.485 e. The Hall–Kier alpha value is -1.33. The van der Waals surface area contributed by atoms with Crippen LogP contribution >= 0.6 is 11.6 Å². The fourth-order valence-electron chi connectivity index (χ4n) is 1.08. The maximum atomic E-state index is 10.7. The average molecular weight is 245 g/mol. The van der Waals surface area contributed by atoms with Crippen molar-refractivity contribution in [3.63, 3.8) is 0 Å². The summed E-state index contributed by atoms with van der Waals surface area (Å²) in [6.07, 6.45) is 0. The van der Waals surface area contributed by atoms with Crippen molar-refractivity contribution in [1.82, 2.24) is 0 Å². The molecule has 16 heavy (non-hydrogen) atoms. The van der Waals surface area contributed by atoms with Gasteiger partial charge < -0.3 is 10.5 Å². The molecule has 0 aliphatic carbocycles. The first-order chi connectivity index (χ1) is 7.56. The number of ether oxygens (including phenoxy) is 1. The van der Waals surface area contributed by atoms with Gasteiger partial charge in [0.2, 0.25) is 5.75 Å². The van der Waals surface area contributed by atoms with E-state index < -0.39 is 4.92 Å². The van der Waals surface area contributed by atoms with E-state index in [4.69, 9.17) is 22.1 Å². The lowest BCUT2D eigenvalue weighted by molar-refractivity contribution is -0.385. The molecule has 0 spiro atoms. The van der Waals surface area contributed by atoms with Crippen molar-refractivity contribution in [2.75, 3.05) is 13.2 Å². The van der Waals surface area contributed by atoms with Crippen molar-refractivity contribution in [2.24, 2.45) is 11.7 Å². The molecule has 0 radical (unpaired) electrons. The molecule has 1 atom stereocenters. The van der Waals surface area contributed by atoms with Crippen LogP contribution in [0.25, 0.3) is 0 Å². The topological polar surface area (TPSA) is 78.4 Å². The van der Waals surface area contributed by atoms with Gasteiger partial charge in [-0.3, -0.25) is 10.1 Å². The lowest BCUT2D eigenvalue weighted by Gasteiger charge is -2.11. The summed E-state index contributed by atoms with van der Waals surface area (Å²) in [5.41, 5.74) is 5.30. The third-order valence-corrected chi connectivity index (χ3v) is 2.36. The van der Waals surface area contributed by atoms with Crippen LogP contribution in [-0.4, -0.2) is 18.1 Å².